The lowest BCUT2D eigenvalue weighted by molar-refractivity contribution is 0.308. The molecule has 94 valence electrons. The molecule has 0 atom stereocenters. The summed E-state index contributed by atoms with van der Waals surface area (Å²) in [5, 5.41) is 0.916. The number of anilines is 1. The molecule has 0 saturated carbocycles. The van der Waals surface area contributed by atoms with Crippen molar-refractivity contribution in [1.82, 2.24) is 9.97 Å². The predicted molar refractivity (Wildman–Crippen MR) is 74.7 cm³/mol. The molecule has 2 aromatic carbocycles. The van der Waals surface area contributed by atoms with E-state index in [9.17, 15) is 0 Å². The van der Waals surface area contributed by atoms with Crippen LogP contribution >= 0.6 is 0 Å². The van der Waals surface area contributed by atoms with E-state index < -0.39 is 0 Å². The Morgan fingerprint density at radius 2 is 1.95 bits per heavy atom. The van der Waals surface area contributed by atoms with Gasteiger partial charge in [-0.2, -0.15) is 0 Å². The SMILES string of the molecule is Nc1cc2ncncc2cc1OCc1ccccc1. The van der Waals surface area contributed by atoms with Crippen LogP contribution in [0.25, 0.3) is 10.9 Å². The van der Waals surface area contributed by atoms with Gasteiger partial charge in [0.2, 0.25) is 0 Å². The first-order chi connectivity index (χ1) is 9.33. The fraction of sp³-hybridized carbons (Fsp3) is 0.0667. The number of fused-ring (bicyclic) bond motifs is 1. The molecule has 0 bridgehead atoms. The number of nitrogen functional groups attached to an aromatic ring is 1. The minimum Gasteiger partial charge on any atom is -0.487 e. The van der Waals surface area contributed by atoms with Crippen molar-refractivity contribution in [3.8, 4) is 5.75 Å². The zero-order valence-corrected chi connectivity index (χ0v) is 10.3. The van der Waals surface area contributed by atoms with E-state index in [0.29, 0.717) is 18.0 Å². The lowest BCUT2D eigenvalue weighted by Crippen LogP contribution is -1.99. The van der Waals surface area contributed by atoms with E-state index >= 15 is 0 Å². The highest BCUT2D eigenvalue weighted by atomic mass is 16.5. The van der Waals surface area contributed by atoms with Gasteiger partial charge in [-0.15, -0.1) is 0 Å². The van der Waals surface area contributed by atoms with Gasteiger partial charge in [0, 0.05) is 11.6 Å². The van der Waals surface area contributed by atoms with Gasteiger partial charge in [-0.1, -0.05) is 30.3 Å². The molecule has 1 heterocycles. The van der Waals surface area contributed by atoms with E-state index in [1.54, 1.807) is 12.3 Å². The van der Waals surface area contributed by atoms with Crippen molar-refractivity contribution in [1.29, 1.82) is 0 Å². The van der Waals surface area contributed by atoms with Crippen molar-refractivity contribution in [3.05, 3.63) is 60.6 Å². The third kappa shape index (κ3) is 2.47. The Kier molecular flexibility index (Phi) is 2.98. The maximum Gasteiger partial charge on any atom is 0.143 e. The molecule has 2 N–H and O–H groups in total. The van der Waals surface area contributed by atoms with Crippen LogP contribution in [0.15, 0.2) is 55.0 Å². The highest BCUT2D eigenvalue weighted by Crippen LogP contribution is 2.27. The minimum atomic E-state index is 0.490. The van der Waals surface area contributed by atoms with Crippen molar-refractivity contribution >= 4 is 16.6 Å². The van der Waals surface area contributed by atoms with Crippen molar-refractivity contribution in [2.75, 3.05) is 5.73 Å². The average molecular weight is 251 g/mol. The van der Waals surface area contributed by atoms with Gasteiger partial charge in [-0.3, -0.25) is 0 Å². The standard InChI is InChI=1S/C15H13N3O/c16-13-7-14-12(8-17-10-18-14)6-15(13)19-9-11-4-2-1-3-5-11/h1-8,10H,9,16H2. The molecule has 4 nitrogen and oxygen atoms in total. The molecule has 0 radical (unpaired) electrons. The van der Waals surface area contributed by atoms with Gasteiger partial charge >= 0.3 is 0 Å². The monoisotopic (exact) mass is 251 g/mol. The second-order valence-corrected chi connectivity index (χ2v) is 4.25. The second-order valence-electron chi connectivity index (χ2n) is 4.25. The lowest BCUT2D eigenvalue weighted by atomic mass is 10.2. The predicted octanol–water partition coefficient (Wildman–Crippen LogP) is 2.79. The molecule has 0 aliphatic carbocycles. The number of hydrogen-bond acceptors (Lipinski definition) is 4. The fourth-order valence-corrected chi connectivity index (χ4v) is 1.88. The van der Waals surface area contributed by atoms with Crippen LogP contribution < -0.4 is 10.5 Å². The van der Waals surface area contributed by atoms with Crippen LogP contribution in [-0.2, 0) is 6.61 Å². The van der Waals surface area contributed by atoms with Crippen LogP contribution in [-0.4, -0.2) is 9.97 Å². The topological polar surface area (TPSA) is 61.0 Å². The summed E-state index contributed by atoms with van der Waals surface area (Å²) in [6.07, 6.45) is 3.25. The third-order valence-corrected chi connectivity index (χ3v) is 2.87. The van der Waals surface area contributed by atoms with Gasteiger partial charge in [0.15, 0.2) is 0 Å². The largest absolute Gasteiger partial charge is 0.487 e. The smallest absolute Gasteiger partial charge is 0.143 e. The first kappa shape index (κ1) is 11.5. The van der Waals surface area contributed by atoms with E-state index in [1.807, 2.05) is 36.4 Å². The Morgan fingerprint density at radius 1 is 1.11 bits per heavy atom. The number of ether oxygens (including phenoxy) is 1. The fourth-order valence-electron chi connectivity index (χ4n) is 1.88. The molecule has 1 aromatic heterocycles. The summed E-state index contributed by atoms with van der Waals surface area (Å²) in [5.74, 6) is 0.658. The highest BCUT2D eigenvalue weighted by Gasteiger charge is 2.04. The Morgan fingerprint density at radius 3 is 2.79 bits per heavy atom. The van der Waals surface area contributed by atoms with Gasteiger partial charge in [-0.05, 0) is 17.7 Å². The molecule has 4 heteroatoms. The Bertz CT molecular complexity index is 698. The van der Waals surface area contributed by atoms with E-state index in [4.69, 9.17) is 10.5 Å². The molecule has 0 aliphatic rings. The van der Waals surface area contributed by atoms with Crippen LogP contribution in [0.3, 0.4) is 0 Å². The summed E-state index contributed by atoms with van der Waals surface area (Å²) in [5.41, 5.74) is 8.47. The molecule has 0 fully saturated rings. The zero-order chi connectivity index (χ0) is 13.1. The molecule has 0 spiro atoms. The Balaban J connectivity index is 1.86. The first-order valence-corrected chi connectivity index (χ1v) is 5.99. The van der Waals surface area contributed by atoms with Crippen molar-refractivity contribution < 1.29 is 4.74 Å². The molecule has 0 saturated heterocycles. The summed E-state index contributed by atoms with van der Waals surface area (Å²) < 4.78 is 5.75. The van der Waals surface area contributed by atoms with Gasteiger partial charge in [0.1, 0.15) is 18.7 Å². The van der Waals surface area contributed by atoms with Crippen molar-refractivity contribution in [3.63, 3.8) is 0 Å². The van der Waals surface area contributed by atoms with E-state index in [1.165, 1.54) is 6.33 Å². The molecular weight excluding hydrogens is 238 g/mol. The van der Waals surface area contributed by atoms with Gasteiger partial charge < -0.3 is 10.5 Å². The first-order valence-electron chi connectivity index (χ1n) is 5.99. The van der Waals surface area contributed by atoms with E-state index in [2.05, 4.69) is 9.97 Å². The van der Waals surface area contributed by atoms with Crippen LogP contribution in [0, 0.1) is 0 Å². The Hall–Kier alpha value is -2.62. The summed E-state index contributed by atoms with van der Waals surface area (Å²) in [4.78, 5) is 8.15. The summed E-state index contributed by atoms with van der Waals surface area (Å²) in [7, 11) is 0. The highest BCUT2D eigenvalue weighted by molar-refractivity contribution is 5.84. The second kappa shape index (κ2) is 4.94. The van der Waals surface area contributed by atoms with Crippen LogP contribution in [0.2, 0.25) is 0 Å². The van der Waals surface area contributed by atoms with E-state index in [-0.39, 0.29) is 0 Å². The number of nitrogens with zero attached hydrogens (tertiary/aromatic N) is 2. The quantitative estimate of drug-likeness (QED) is 0.727. The lowest BCUT2D eigenvalue weighted by Gasteiger charge is -2.10. The number of nitrogens with two attached hydrogens (primary N) is 1. The third-order valence-electron chi connectivity index (χ3n) is 2.87. The molecular formula is C15H13N3O. The van der Waals surface area contributed by atoms with Crippen LogP contribution in [0.1, 0.15) is 5.56 Å². The minimum absolute atomic E-state index is 0.490. The van der Waals surface area contributed by atoms with Gasteiger partial charge in [0.05, 0.1) is 11.2 Å². The van der Waals surface area contributed by atoms with Crippen LogP contribution in [0.5, 0.6) is 5.75 Å². The summed E-state index contributed by atoms with van der Waals surface area (Å²) in [6.45, 7) is 0.490. The molecule has 3 aromatic rings. The number of benzene rings is 2. The van der Waals surface area contributed by atoms with Crippen molar-refractivity contribution in [2.24, 2.45) is 0 Å². The summed E-state index contributed by atoms with van der Waals surface area (Å²) in [6, 6.07) is 13.6. The number of aromatic nitrogens is 2. The normalized spacial score (nSPS) is 10.5. The molecule has 19 heavy (non-hydrogen) atoms. The molecule has 0 amide bonds. The molecule has 3 rings (SSSR count). The summed E-state index contributed by atoms with van der Waals surface area (Å²) >= 11 is 0. The zero-order valence-electron chi connectivity index (χ0n) is 10.3. The Labute approximate surface area is 110 Å². The number of hydrogen-bond donors (Lipinski definition) is 1. The van der Waals surface area contributed by atoms with Crippen molar-refractivity contribution in [2.45, 2.75) is 6.61 Å². The molecule has 0 aliphatic heterocycles. The van der Waals surface area contributed by atoms with Gasteiger partial charge in [0.25, 0.3) is 0 Å². The van der Waals surface area contributed by atoms with Crippen LogP contribution in [0.4, 0.5) is 5.69 Å². The number of rotatable bonds is 3. The average Bonchev–Trinajstić information content (AvgIpc) is 2.46. The van der Waals surface area contributed by atoms with Gasteiger partial charge in [-0.25, -0.2) is 9.97 Å². The maximum atomic E-state index is 5.97. The molecule has 0 unspecified atom stereocenters. The van der Waals surface area contributed by atoms with E-state index in [0.717, 1.165) is 16.5 Å². The maximum absolute atomic E-state index is 5.97.